The molecule has 154 valence electrons. The van der Waals surface area contributed by atoms with Crippen LogP contribution in [0.3, 0.4) is 0 Å². The molecule has 1 saturated heterocycles. The summed E-state index contributed by atoms with van der Waals surface area (Å²) in [5, 5.41) is 13.1. The molecule has 3 heterocycles. The van der Waals surface area contributed by atoms with Crippen LogP contribution < -0.4 is 4.74 Å². The highest BCUT2D eigenvalue weighted by molar-refractivity contribution is 7.09. The van der Waals surface area contributed by atoms with Crippen LogP contribution in [0.5, 0.6) is 5.75 Å². The van der Waals surface area contributed by atoms with E-state index in [9.17, 15) is 14.7 Å². The van der Waals surface area contributed by atoms with Crippen molar-refractivity contribution in [1.82, 2.24) is 4.90 Å². The maximum atomic E-state index is 13.0. The van der Waals surface area contributed by atoms with E-state index in [-0.39, 0.29) is 17.9 Å². The minimum absolute atomic E-state index is 0.00481. The van der Waals surface area contributed by atoms with Crippen LogP contribution in [0.1, 0.15) is 33.6 Å². The number of nitrogens with zero attached hydrogens (tertiary/aromatic N) is 1. The summed E-state index contributed by atoms with van der Waals surface area (Å²) in [5.74, 6) is -0.197. The lowest BCUT2D eigenvalue weighted by Crippen LogP contribution is -2.28. The first kappa shape index (κ1) is 20.0. The number of hydrogen-bond donors (Lipinski definition) is 1. The van der Waals surface area contributed by atoms with Crippen molar-refractivity contribution in [2.75, 3.05) is 7.11 Å². The summed E-state index contributed by atoms with van der Waals surface area (Å²) in [6.45, 7) is 3.91. The van der Waals surface area contributed by atoms with Crippen molar-refractivity contribution in [1.29, 1.82) is 0 Å². The number of thiophene rings is 1. The van der Waals surface area contributed by atoms with Gasteiger partial charge >= 0.3 is 0 Å². The molecule has 1 aliphatic heterocycles. The summed E-state index contributed by atoms with van der Waals surface area (Å²) >= 11 is 1.50. The Hall–Kier alpha value is -3.32. The van der Waals surface area contributed by atoms with E-state index in [1.807, 2.05) is 30.5 Å². The number of aryl methyl sites for hydroxylation is 2. The van der Waals surface area contributed by atoms with Gasteiger partial charge in [0.15, 0.2) is 0 Å². The van der Waals surface area contributed by atoms with E-state index in [2.05, 4.69) is 0 Å². The fourth-order valence-corrected chi connectivity index (χ4v) is 4.36. The molecule has 30 heavy (non-hydrogen) atoms. The number of ether oxygens (including phenoxy) is 1. The number of likely N-dealkylation sites (tertiary alicyclic amines) is 1. The number of ketones is 1. The second-order valence-corrected chi connectivity index (χ2v) is 8.19. The normalized spacial score (nSPS) is 18.2. The molecular weight excluding hydrogens is 402 g/mol. The molecule has 3 aromatic rings. The minimum atomic E-state index is -0.828. The van der Waals surface area contributed by atoms with E-state index in [0.29, 0.717) is 22.8 Å². The van der Waals surface area contributed by atoms with E-state index in [4.69, 9.17) is 9.15 Å². The topological polar surface area (TPSA) is 80.0 Å². The molecule has 0 aliphatic carbocycles. The first-order chi connectivity index (χ1) is 14.4. The Morgan fingerprint density at radius 3 is 2.63 bits per heavy atom. The number of amides is 1. The summed E-state index contributed by atoms with van der Waals surface area (Å²) < 4.78 is 11.2. The van der Waals surface area contributed by atoms with E-state index in [0.717, 1.165) is 10.4 Å². The Labute approximate surface area is 178 Å². The zero-order valence-electron chi connectivity index (χ0n) is 16.8. The van der Waals surface area contributed by atoms with Gasteiger partial charge in [0.05, 0.1) is 24.8 Å². The molecule has 1 atom stereocenters. The Bertz CT molecular complexity index is 1140. The molecule has 1 aromatic carbocycles. The number of aliphatic hydroxyl groups excluding tert-OH is 1. The number of carbonyl (C=O) groups is 2. The van der Waals surface area contributed by atoms with Crippen molar-refractivity contribution >= 4 is 28.8 Å². The molecule has 2 aromatic heterocycles. The average molecular weight is 423 g/mol. The second-order valence-electron chi connectivity index (χ2n) is 7.16. The third-order valence-corrected chi connectivity index (χ3v) is 5.95. The van der Waals surface area contributed by atoms with Gasteiger partial charge in [0, 0.05) is 4.88 Å². The van der Waals surface area contributed by atoms with Gasteiger partial charge < -0.3 is 19.2 Å². The lowest BCUT2D eigenvalue weighted by molar-refractivity contribution is -0.140. The lowest BCUT2D eigenvalue weighted by atomic mass is 9.98. The molecule has 1 unspecified atom stereocenters. The van der Waals surface area contributed by atoms with Gasteiger partial charge in [-0.25, -0.2) is 0 Å². The monoisotopic (exact) mass is 423 g/mol. The van der Waals surface area contributed by atoms with Crippen molar-refractivity contribution in [3.8, 4) is 5.75 Å². The number of carbonyl (C=O) groups excluding carboxylic acids is 2. The molecule has 0 spiro atoms. The van der Waals surface area contributed by atoms with Crippen molar-refractivity contribution in [3.63, 3.8) is 0 Å². The molecule has 4 rings (SSSR count). The van der Waals surface area contributed by atoms with Crippen LogP contribution >= 0.6 is 11.3 Å². The van der Waals surface area contributed by atoms with Crippen LogP contribution in [-0.2, 0) is 16.1 Å². The first-order valence-corrected chi connectivity index (χ1v) is 10.3. The summed E-state index contributed by atoms with van der Waals surface area (Å²) in [4.78, 5) is 28.4. The van der Waals surface area contributed by atoms with E-state index >= 15 is 0 Å². The van der Waals surface area contributed by atoms with Gasteiger partial charge in [-0.3, -0.25) is 9.59 Å². The predicted molar refractivity (Wildman–Crippen MR) is 113 cm³/mol. The molecule has 0 bridgehead atoms. The number of benzene rings is 1. The third kappa shape index (κ3) is 3.41. The maximum absolute atomic E-state index is 13.0. The highest BCUT2D eigenvalue weighted by atomic mass is 32.1. The van der Waals surface area contributed by atoms with E-state index < -0.39 is 17.7 Å². The van der Waals surface area contributed by atoms with Crippen molar-refractivity contribution in [2.45, 2.75) is 26.4 Å². The van der Waals surface area contributed by atoms with Crippen molar-refractivity contribution in [2.24, 2.45) is 0 Å². The van der Waals surface area contributed by atoms with Gasteiger partial charge in [-0.05, 0) is 49.6 Å². The van der Waals surface area contributed by atoms with Crippen LogP contribution in [-0.4, -0.2) is 28.8 Å². The standard InChI is InChI=1S/C23H21NO5S/c1-13-6-8-17(28-3)16(11-13)21(25)19-20(18-9-7-14(2)29-18)24(23(27)22(19)26)12-15-5-4-10-30-15/h4-11,20,25H,12H2,1-3H3/b21-19+. The summed E-state index contributed by atoms with van der Waals surface area (Å²) in [6, 6.07) is 11.8. The smallest absolute Gasteiger partial charge is 0.296 e. The Morgan fingerprint density at radius 1 is 1.20 bits per heavy atom. The fraction of sp³-hybridized carbons (Fsp3) is 0.217. The minimum Gasteiger partial charge on any atom is -0.507 e. The highest BCUT2D eigenvalue weighted by Gasteiger charge is 2.47. The van der Waals surface area contributed by atoms with Gasteiger partial charge in [-0.2, -0.15) is 0 Å². The zero-order valence-corrected chi connectivity index (χ0v) is 17.7. The predicted octanol–water partition coefficient (Wildman–Crippen LogP) is 4.59. The number of Topliss-reactive ketones (excluding diaryl/α,β-unsaturated/α-hetero) is 1. The molecule has 1 N–H and O–H groups in total. The molecule has 0 radical (unpaired) electrons. The summed E-state index contributed by atoms with van der Waals surface area (Å²) in [6.07, 6.45) is 0. The second kappa shape index (κ2) is 7.84. The fourth-order valence-electron chi connectivity index (χ4n) is 3.66. The van der Waals surface area contributed by atoms with Crippen LogP contribution in [0.25, 0.3) is 5.76 Å². The molecule has 1 aliphatic rings. The SMILES string of the molecule is COc1ccc(C)cc1/C(O)=C1\C(=O)C(=O)N(Cc2cccs2)C1c1ccc(C)o1. The van der Waals surface area contributed by atoms with Gasteiger partial charge in [0.1, 0.15) is 29.1 Å². The molecular formula is C23H21NO5S. The third-order valence-electron chi connectivity index (χ3n) is 5.09. The molecule has 6 nitrogen and oxygen atoms in total. The van der Waals surface area contributed by atoms with Gasteiger partial charge in [0.25, 0.3) is 11.7 Å². The highest BCUT2D eigenvalue weighted by Crippen LogP contribution is 2.42. The van der Waals surface area contributed by atoms with Crippen molar-refractivity contribution < 1.29 is 23.8 Å². The zero-order chi connectivity index (χ0) is 21.4. The number of aliphatic hydroxyl groups is 1. The van der Waals surface area contributed by atoms with Crippen LogP contribution in [0.2, 0.25) is 0 Å². The Kier molecular flexibility index (Phi) is 5.22. The lowest BCUT2D eigenvalue weighted by Gasteiger charge is -2.23. The number of hydrogen-bond acceptors (Lipinski definition) is 6. The Balaban J connectivity index is 1.90. The largest absolute Gasteiger partial charge is 0.507 e. The van der Waals surface area contributed by atoms with Crippen LogP contribution in [0.4, 0.5) is 0 Å². The quantitative estimate of drug-likeness (QED) is 0.369. The summed E-state index contributed by atoms with van der Waals surface area (Å²) in [7, 11) is 1.49. The van der Waals surface area contributed by atoms with Gasteiger partial charge in [0.2, 0.25) is 0 Å². The van der Waals surface area contributed by atoms with Crippen LogP contribution in [0, 0.1) is 13.8 Å². The maximum Gasteiger partial charge on any atom is 0.296 e. The number of furan rings is 1. The van der Waals surface area contributed by atoms with Gasteiger partial charge in [-0.15, -0.1) is 11.3 Å². The Morgan fingerprint density at radius 2 is 2.00 bits per heavy atom. The molecule has 1 fully saturated rings. The van der Waals surface area contributed by atoms with Gasteiger partial charge in [-0.1, -0.05) is 17.7 Å². The summed E-state index contributed by atoms with van der Waals surface area (Å²) in [5.41, 5.74) is 1.24. The number of rotatable bonds is 5. The van der Waals surface area contributed by atoms with Crippen LogP contribution in [0.15, 0.2) is 57.8 Å². The van der Waals surface area contributed by atoms with E-state index in [1.165, 1.54) is 23.3 Å². The average Bonchev–Trinajstić information content (AvgIpc) is 3.45. The van der Waals surface area contributed by atoms with Crippen molar-refractivity contribution in [3.05, 3.63) is 80.9 Å². The first-order valence-electron chi connectivity index (χ1n) is 9.43. The molecule has 1 amide bonds. The van der Waals surface area contributed by atoms with E-state index in [1.54, 1.807) is 31.2 Å². The molecule has 0 saturated carbocycles. The number of methoxy groups -OCH3 is 1. The molecule has 7 heteroatoms.